The average Bonchev–Trinajstić information content (AvgIpc) is 3.06. The first-order valence-electron chi connectivity index (χ1n) is 9.94. The van der Waals surface area contributed by atoms with Gasteiger partial charge in [-0.15, -0.1) is 10.2 Å². The van der Waals surface area contributed by atoms with Crippen molar-refractivity contribution in [3.05, 3.63) is 54.1 Å². The Bertz CT molecular complexity index is 1080. The number of hydrogen-bond acceptors (Lipinski definition) is 5. The van der Waals surface area contributed by atoms with Gasteiger partial charge in [0.2, 0.25) is 11.8 Å². The second kappa shape index (κ2) is 9.34. The van der Waals surface area contributed by atoms with E-state index in [1.54, 1.807) is 24.3 Å². The molecule has 1 heterocycles. The molecule has 7 nitrogen and oxygen atoms in total. The molecule has 2 aromatic carbocycles. The number of aromatic nitrogens is 3. The van der Waals surface area contributed by atoms with Gasteiger partial charge in [0.1, 0.15) is 0 Å². The second-order valence-corrected chi connectivity index (χ2v) is 9.23. The minimum absolute atomic E-state index is 0.0917. The molecule has 0 aliphatic rings. The van der Waals surface area contributed by atoms with E-state index in [0.29, 0.717) is 16.5 Å². The highest BCUT2D eigenvalue weighted by molar-refractivity contribution is 7.99. The zero-order valence-corrected chi connectivity index (χ0v) is 19.2. The smallest absolute Gasteiger partial charge is 0.234 e. The van der Waals surface area contributed by atoms with Crippen molar-refractivity contribution in [2.24, 2.45) is 7.05 Å². The minimum Gasteiger partial charge on any atom is -0.326 e. The lowest BCUT2D eigenvalue weighted by molar-refractivity contribution is -0.114. The molecule has 0 unspecified atom stereocenters. The molecule has 0 atom stereocenters. The quantitative estimate of drug-likeness (QED) is 0.556. The minimum atomic E-state index is -0.163. The first kappa shape index (κ1) is 22.6. The Morgan fingerprint density at radius 1 is 1.00 bits per heavy atom. The standard InChI is InChI=1S/C23H27N5O2S/c1-15(29)24-18-7-6-8-19(13-18)25-20(30)14-31-22-27-26-21(28(22)5)16-9-11-17(12-10-16)23(2,3)4/h6-13H,14H2,1-5H3,(H,24,29)(H,25,30). The second-order valence-electron chi connectivity index (χ2n) is 8.29. The summed E-state index contributed by atoms with van der Waals surface area (Å²) < 4.78 is 1.89. The summed E-state index contributed by atoms with van der Waals surface area (Å²) in [5.74, 6) is 0.625. The number of rotatable bonds is 6. The van der Waals surface area contributed by atoms with E-state index >= 15 is 0 Å². The van der Waals surface area contributed by atoms with Crippen LogP contribution in [-0.4, -0.2) is 32.3 Å². The van der Waals surface area contributed by atoms with Crippen molar-refractivity contribution in [3.8, 4) is 11.4 Å². The number of nitrogens with zero attached hydrogens (tertiary/aromatic N) is 3. The highest BCUT2D eigenvalue weighted by Crippen LogP contribution is 2.27. The molecule has 1 aromatic heterocycles. The first-order valence-corrected chi connectivity index (χ1v) is 10.9. The summed E-state index contributed by atoms with van der Waals surface area (Å²) in [5, 5.41) is 14.7. The van der Waals surface area contributed by atoms with Gasteiger partial charge in [0.15, 0.2) is 11.0 Å². The molecule has 3 rings (SSSR count). The summed E-state index contributed by atoms with van der Waals surface area (Å²) in [7, 11) is 1.89. The molecule has 2 amide bonds. The summed E-state index contributed by atoms with van der Waals surface area (Å²) in [4.78, 5) is 23.5. The van der Waals surface area contributed by atoms with Crippen LogP contribution >= 0.6 is 11.8 Å². The van der Waals surface area contributed by atoms with Gasteiger partial charge in [-0.1, -0.05) is 62.9 Å². The van der Waals surface area contributed by atoms with Gasteiger partial charge in [-0.3, -0.25) is 9.59 Å². The number of carbonyl (C=O) groups is 2. The molecule has 8 heteroatoms. The van der Waals surface area contributed by atoms with E-state index in [9.17, 15) is 9.59 Å². The fraction of sp³-hybridized carbons (Fsp3) is 0.304. The number of carbonyl (C=O) groups excluding carboxylic acids is 2. The number of amides is 2. The topological polar surface area (TPSA) is 88.9 Å². The Labute approximate surface area is 186 Å². The Hall–Kier alpha value is -3.13. The molecular weight excluding hydrogens is 410 g/mol. The van der Waals surface area contributed by atoms with Crippen molar-refractivity contribution < 1.29 is 9.59 Å². The number of benzene rings is 2. The third-order valence-electron chi connectivity index (χ3n) is 4.64. The van der Waals surface area contributed by atoms with Crippen LogP contribution in [0.2, 0.25) is 0 Å². The molecule has 0 aliphatic heterocycles. The molecule has 0 spiro atoms. The fourth-order valence-electron chi connectivity index (χ4n) is 3.02. The van der Waals surface area contributed by atoms with Gasteiger partial charge in [-0.05, 0) is 29.2 Å². The SMILES string of the molecule is CC(=O)Nc1cccc(NC(=O)CSc2nnc(-c3ccc(C(C)(C)C)cc3)n2C)c1. The highest BCUT2D eigenvalue weighted by Gasteiger charge is 2.16. The summed E-state index contributed by atoms with van der Waals surface area (Å²) >= 11 is 1.32. The predicted molar refractivity (Wildman–Crippen MR) is 125 cm³/mol. The summed E-state index contributed by atoms with van der Waals surface area (Å²) in [6.45, 7) is 7.98. The van der Waals surface area contributed by atoms with Crippen LogP contribution in [0.25, 0.3) is 11.4 Å². The van der Waals surface area contributed by atoms with Crippen molar-refractivity contribution in [2.45, 2.75) is 38.3 Å². The number of thioether (sulfide) groups is 1. The van der Waals surface area contributed by atoms with Crippen molar-refractivity contribution in [2.75, 3.05) is 16.4 Å². The molecule has 0 radical (unpaired) electrons. The Kier molecular flexibility index (Phi) is 6.80. The maximum atomic E-state index is 12.4. The van der Waals surface area contributed by atoms with Crippen LogP contribution in [0.5, 0.6) is 0 Å². The maximum Gasteiger partial charge on any atom is 0.234 e. The highest BCUT2D eigenvalue weighted by atomic mass is 32.2. The molecule has 31 heavy (non-hydrogen) atoms. The van der Waals surface area contributed by atoms with Crippen molar-refractivity contribution in [1.82, 2.24) is 14.8 Å². The Morgan fingerprint density at radius 2 is 1.65 bits per heavy atom. The van der Waals surface area contributed by atoms with Crippen molar-refractivity contribution >= 4 is 35.0 Å². The van der Waals surface area contributed by atoms with Crippen LogP contribution < -0.4 is 10.6 Å². The van der Waals surface area contributed by atoms with E-state index in [4.69, 9.17) is 0 Å². The number of hydrogen-bond donors (Lipinski definition) is 2. The average molecular weight is 438 g/mol. The molecule has 0 saturated carbocycles. The zero-order chi connectivity index (χ0) is 22.6. The van der Waals surface area contributed by atoms with Gasteiger partial charge in [-0.25, -0.2) is 0 Å². The summed E-state index contributed by atoms with van der Waals surface area (Å²) in [5.41, 5.74) is 3.58. The fourth-order valence-corrected chi connectivity index (χ4v) is 3.73. The Balaban J connectivity index is 1.62. The molecule has 2 N–H and O–H groups in total. The molecule has 0 fully saturated rings. The molecule has 0 aliphatic carbocycles. The first-order chi connectivity index (χ1) is 14.6. The Morgan fingerprint density at radius 3 is 2.26 bits per heavy atom. The van der Waals surface area contributed by atoms with E-state index in [1.165, 1.54) is 24.2 Å². The predicted octanol–water partition coefficient (Wildman–Crippen LogP) is 4.47. The zero-order valence-electron chi connectivity index (χ0n) is 18.4. The van der Waals surface area contributed by atoms with E-state index in [-0.39, 0.29) is 23.0 Å². The van der Waals surface area contributed by atoms with Crippen molar-refractivity contribution in [1.29, 1.82) is 0 Å². The molecule has 162 valence electrons. The van der Waals surface area contributed by atoms with Gasteiger partial charge in [0.25, 0.3) is 0 Å². The third kappa shape index (κ3) is 5.95. The lowest BCUT2D eigenvalue weighted by atomic mass is 9.87. The summed E-state index contributed by atoms with van der Waals surface area (Å²) in [6.07, 6.45) is 0. The molecule has 0 bridgehead atoms. The number of nitrogens with one attached hydrogen (secondary N) is 2. The van der Waals surface area contributed by atoms with Crippen LogP contribution in [0.4, 0.5) is 11.4 Å². The lowest BCUT2D eigenvalue weighted by Crippen LogP contribution is -2.15. The van der Waals surface area contributed by atoms with Crippen LogP contribution in [0, 0.1) is 0 Å². The van der Waals surface area contributed by atoms with Crippen LogP contribution in [-0.2, 0) is 22.1 Å². The largest absolute Gasteiger partial charge is 0.326 e. The van der Waals surface area contributed by atoms with E-state index < -0.39 is 0 Å². The van der Waals surface area contributed by atoms with E-state index in [2.05, 4.69) is 53.7 Å². The van der Waals surface area contributed by atoms with Gasteiger partial charge >= 0.3 is 0 Å². The van der Waals surface area contributed by atoms with Crippen molar-refractivity contribution in [3.63, 3.8) is 0 Å². The van der Waals surface area contributed by atoms with E-state index in [1.807, 2.05) is 23.7 Å². The molecule has 3 aromatic rings. The number of anilines is 2. The van der Waals surface area contributed by atoms with Gasteiger partial charge in [0.05, 0.1) is 5.75 Å². The van der Waals surface area contributed by atoms with Crippen LogP contribution in [0.15, 0.2) is 53.7 Å². The maximum absolute atomic E-state index is 12.4. The molecule has 0 saturated heterocycles. The van der Waals surface area contributed by atoms with Gasteiger partial charge < -0.3 is 15.2 Å². The van der Waals surface area contributed by atoms with Gasteiger partial charge in [0, 0.05) is 30.9 Å². The molecular formula is C23H27N5O2S. The van der Waals surface area contributed by atoms with Crippen LogP contribution in [0.3, 0.4) is 0 Å². The van der Waals surface area contributed by atoms with Gasteiger partial charge in [-0.2, -0.15) is 0 Å². The van der Waals surface area contributed by atoms with Crippen LogP contribution in [0.1, 0.15) is 33.3 Å². The van der Waals surface area contributed by atoms with E-state index in [0.717, 1.165) is 11.4 Å². The summed E-state index contributed by atoms with van der Waals surface area (Å²) in [6, 6.07) is 15.3. The normalized spacial score (nSPS) is 11.3. The monoisotopic (exact) mass is 437 g/mol. The lowest BCUT2D eigenvalue weighted by Gasteiger charge is -2.19. The third-order valence-corrected chi connectivity index (χ3v) is 5.66.